The minimum Gasteiger partial charge on any atom is -0.488 e. The van der Waals surface area contributed by atoms with Crippen LogP contribution in [0.2, 0.25) is 0 Å². The van der Waals surface area contributed by atoms with Crippen molar-refractivity contribution in [2.75, 3.05) is 0 Å². The van der Waals surface area contributed by atoms with Gasteiger partial charge in [-0.2, -0.15) is 0 Å². The predicted octanol–water partition coefficient (Wildman–Crippen LogP) is 6.74. The van der Waals surface area contributed by atoms with E-state index in [1.54, 1.807) is 0 Å². The first kappa shape index (κ1) is 18.6. The Hall–Kier alpha value is -3.43. The zero-order valence-electron chi connectivity index (χ0n) is 16.4. The number of rotatable bonds is 1. The Kier molecular flexibility index (Phi) is 4.41. The maximum Gasteiger partial charge on any atom is 0.129 e. The second kappa shape index (κ2) is 7.12. The molecule has 5 aromatic rings. The Balaban J connectivity index is 0.00000193. The number of halogens is 1. The summed E-state index contributed by atoms with van der Waals surface area (Å²) in [5.74, 6) is 0.885. The number of para-hydroxylation sites is 2. The molecule has 0 saturated carbocycles. The van der Waals surface area contributed by atoms with Gasteiger partial charge in [-0.05, 0) is 30.7 Å². The molecule has 0 N–H and O–H groups in total. The molecule has 0 fully saturated rings. The fourth-order valence-electron chi connectivity index (χ4n) is 4.28. The molecule has 6 rings (SSSR count). The minimum absolute atomic E-state index is 0. The average molecular weight is 411 g/mol. The van der Waals surface area contributed by atoms with E-state index in [1.807, 2.05) is 30.5 Å². The number of fused-ring (bicyclic) bond motifs is 6. The second-order valence-electron chi connectivity index (χ2n) is 7.50. The van der Waals surface area contributed by atoms with Gasteiger partial charge < -0.3 is 4.74 Å². The van der Waals surface area contributed by atoms with Crippen LogP contribution in [0, 0.1) is 6.92 Å². The molecule has 2 aromatic heterocycles. The molecule has 0 atom stereocenters. The lowest BCUT2D eigenvalue weighted by Crippen LogP contribution is -2.10. The summed E-state index contributed by atoms with van der Waals surface area (Å²) in [6.45, 7) is 2.62. The van der Waals surface area contributed by atoms with Crippen molar-refractivity contribution < 1.29 is 4.74 Å². The van der Waals surface area contributed by atoms with E-state index in [2.05, 4.69) is 60.4 Å². The fourth-order valence-corrected chi connectivity index (χ4v) is 4.28. The maximum absolute atomic E-state index is 6.14. The van der Waals surface area contributed by atoms with Crippen LogP contribution in [-0.2, 0) is 6.61 Å². The number of pyridine rings is 2. The zero-order chi connectivity index (χ0) is 19.4. The second-order valence-corrected chi connectivity index (χ2v) is 7.50. The highest BCUT2D eigenvalue weighted by molar-refractivity contribution is 6.13. The lowest BCUT2D eigenvalue weighted by atomic mass is 9.89. The molecule has 0 saturated heterocycles. The third-order valence-corrected chi connectivity index (χ3v) is 5.68. The predicted molar refractivity (Wildman–Crippen MR) is 124 cm³/mol. The highest BCUT2D eigenvalue weighted by atomic mass is 35.5. The Morgan fingerprint density at radius 1 is 0.833 bits per heavy atom. The Morgan fingerprint density at radius 2 is 1.60 bits per heavy atom. The van der Waals surface area contributed by atoms with E-state index in [4.69, 9.17) is 9.72 Å². The van der Waals surface area contributed by atoms with E-state index in [0.717, 1.165) is 44.4 Å². The summed E-state index contributed by atoms with van der Waals surface area (Å²) in [6, 6.07) is 25.1. The van der Waals surface area contributed by atoms with Crippen LogP contribution in [0.15, 0.2) is 79.0 Å². The van der Waals surface area contributed by atoms with Gasteiger partial charge in [-0.25, -0.2) is 4.98 Å². The van der Waals surface area contributed by atoms with Crippen LogP contribution in [-0.4, -0.2) is 9.97 Å². The third kappa shape index (κ3) is 2.74. The molecule has 3 nitrogen and oxygen atoms in total. The molecule has 0 bridgehead atoms. The Morgan fingerprint density at radius 3 is 2.47 bits per heavy atom. The monoisotopic (exact) mass is 410 g/mol. The summed E-state index contributed by atoms with van der Waals surface area (Å²) < 4.78 is 6.14. The van der Waals surface area contributed by atoms with Gasteiger partial charge in [0.05, 0.1) is 22.9 Å². The van der Waals surface area contributed by atoms with E-state index >= 15 is 0 Å². The number of hydrogen-bond acceptors (Lipinski definition) is 3. The van der Waals surface area contributed by atoms with Crippen molar-refractivity contribution >= 4 is 34.2 Å². The number of aryl methyl sites for hydroxylation is 1. The first-order valence-corrected chi connectivity index (χ1v) is 9.79. The normalized spacial score (nSPS) is 12.0. The summed E-state index contributed by atoms with van der Waals surface area (Å²) in [5, 5.41) is 2.26. The number of hydrogen-bond donors (Lipinski definition) is 0. The summed E-state index contributed by atoms with van der Waals surface area (Å²) in [5.41, 5.74) is 8.67. The van der Waals surface area contributed by atoms with Crippen LogP contribution in [0.25, 0.3) is 44.2 Å². The lowest BCUT2D eigenvalue weighted by Gasteiger charge is -2.24. The molecule has 0 spiro atoms. The van der Waals surface area contributed by atoms with Crippen LogP contribution >= 0.6 is 12.4 Å². The van der Waals surface area contributed by atoms with Crippen molar-refractivity contribution in [1.29, 1.82) is 0 Å². The summed E-state index contributed by atoms with van der Waals surface area (Å²) in [7, 11) is 0. The molecule has 3 heterocycles. The third-order valence-electron chi connectivity index (χ3n) is 5.68. The van der Waals surface area contributed by atoms with Crippen molar-refractivity contribution in [3.05, 3.63) is 90.1 Å². The van der Waals surface area contributed by atoms with Gasteiger partial charge in [-0.15, -0.1) is 12.4 Å². The molecular weight excluding hydrogens is 392 g/mol. The highest BCUT2D eigenvalue weighted by Crippen LogP contribution is 2.44. The van der Waals surface area contributed by atoms with Crippen LogP contribution in [0.1, 0.15) is 11.1 Å². The van der Waals surface area contributed by atoms with Gasteiger partial charge in [0.15, 0.2) is 0 Å². The summed E-state index contributed by atoms with van der Waals surface area (Å²) in [6.07, 6.45) is 1.90. The fraction of sp³-hybridized carbons (Fsp3) is 0.0769. The van der Waals surface area contributed by atoms with Crippen molar-refractivity contribution in [1.82, 2.24) is 9.97 Å². The first-order valence-electron chi connectivity index (χ1n) is 9.79. The van der Waals surface area contributed by atoms with E-state index in [-0.39, 0.29) is 12.4 Å². The molecule has 0 amide bonds. The number of aromatic nitrogens is 2. The van der Waals surface area contributed by atoms with E-state index in [9.17, 15) is 0 Å². The smallest absolute Gasteiger partial charge is 0.129 e. The number of benzene rings is 3. The van der Waals surface area contributed by atoms with Gasteiger partial charge in [0.1, 0.15) is 12.4 Å². The van der Waals surface area contributed by atoms with Crippen molar-refractivity contribution in [2.45, 2.75) is 13.5 Å². The van der Waals surface area contributed by atoms with Gasteiger partial charge in [-0.3, -0.25) is 4.98 Å². The van der Waals surface area contributed by atoms with Gasteiger partial charge >= 0.3 is 0 Å². The molecule has 0 unspecified atom stereocenters. The van der Waals surface area contributed by atoms with Crippen LogP contribution < -0.4 is 4.74 Å². The summed E-state index contributed by atoms with van der Waals surface area (Å²) >= 11 is 0. The van der Waals surface area contributed by atoms with E-state index in [0.29, 0.717) is 6.61 Å². The standard InChI is InChI=1S/C26H18N2O.ClH/c1-16-10-12-17(13-11-16)24-20-15-29-23-9-5-3-7-19(23)26(20)28-22-14-27-21-8-4-2-6-18(21)25(22)24;/h2-14H,15H2,1H3;1H. The van der Waals surface area contributed by atoms with Gasteiger partial charge in [0.25, 0.3) is 0 Å². The Labute approximate surface area is 180 Å². The molecular formula is C26H19ClN2O. The van der Waals surface area contributed by atoms with Crippen LogP contribution in [0.5, 0.6) is 5.75 Å². The Bertz CT molecular complexity index is 1410. The molecule has 30 heavy (non-hydrogen) atoms. The van der Waals surface area contributed by atoms with Gasteiger partial charge in [0, 0.05) is 27.5 Å². The lowest BCUT2D eigenvalue weighted by molar-refractivity contribution is 0.302. The SMILES string of the molecule is Cc1ccc(-c2c3c(nc4cnc5ccccc5c24)-c2ccccc2OC3)cc1.Cl. The van der Waals surface area contributed by atoms with Crippen molar-refractivity contribution in [2.24, 2.45) is 0 Å². The van der Waals surface area contributed by atoms with Crippen molar-refractivity contribution in [3.63, 3.8) is 0 Å². The van der Waals surface area contributed by atoms with E-state index < -0.39 is 0 Å². The quantitative estimate of drug-likeness (QED) is 0.287. The van der Waals surface area contributed by atoms with Gasteiger partial charge in [0.2, 0.25) is 0 Å². The highest BCUT2D eigenvalue weighted by Gasteiger charge is 2.25. The molecule has 4 heteroatoms. The largest absolute Gasteiger partial charge is 0.488 e. The molecule has 3 aromatic carbocycles. The van der Waals surface area contributed by atoms with Gasteiger partial charge in [-0.1, -0.05) is 60.2 Å². The van der Waals surface area contributed by atoms with Crippen molar-refractivity contribution in [3.8, 4) is 28.1 Å². The molecule has 146 valence electrons. The molecule has 0 aliphatic carbocycles. The van der Waals surface area contributed by atoms with E-state index in [1.165, 1.54) is 16.7 Å². The topological polar surface area (TPSA) is 35.0 Å². The molecule has 1 aliphatic rings. The zero-order valence-corrected chi connectivity index (χ0v) is 17.2. The molecule has 0 radical (unpaired) electrons. The molecule has 1 aliphatic heterocycles. The van der Waals surface area contributed by atoms with Crippen LogP contribution in [0.3, 0.4) is 0 Å². The minimum atomic E-state index is 0. The average Bonchev–Trinajstić information content (AvgIpc) is 2.78. The summed E-state index contributed by atoms with van der Waals surface area (Å²) in [4.78, 5) is 9.74. The maximum atomic E-state index is 6.14. The van der Waals surface area contributed by atoms with Crippen LogP contribution in [0.4, 0.5) is 0 Å². The first-order chi connectivity index (χ1) is 14.3. The number of nitrogens with zero attached hydrogens (tertiary/aromatic N) is 2. The number of ether oxygens (including phenoxy) is 1.